The highest BCUT2D eigenvalue weighted by Gasteiger charge is 2.16. The monoisotopic (exact) mass is 274 g/mol. The molecule has 0 amide bonds. The minimum Gasteiger partial charge on any atom is -0.383 e. The van der Waals surface area contributed by atoms with E-state index < -0.39 is 0 Å². The number of hydrogen-bond donors (Lipinski definition) is 1. The van der Waals surface area contributed by atoms with Crippen LogP contribution in [-0.4, -0.2) is 17.0 Å². The van der Waals surface area contributed by atoms with Crippen molar-refractivity contribution in [2.45, 2.75) is 26.7 Å². The summed E-state index contributed by atoms with van der Waals surface area (Å²) in [6, 6.07) is 6.60. The van der Waals surface area contributed by atoms with E-state index in [1.165, 1.54) is 6.07 Å². The van der Waals surface area contributed by atoms with Gasteiger partial charge in [0.1, 0.15) is 23.3 Å². The molecule has 4 nitrogen and oxygen atoms in total. The van der Waals surface area contributed by atoms with Gasteiger partial charge in [-0.3, -0.25) is 0 Å². The van der Waals surface area contributed by atoms with Crippen molar-refractivity contribution in [2.24, 2.45) is 0 Å². The molecule has 2 N–H and O–H groups in total. The third kappa shape index (κ3) is 2.71. The molecule has 0 unspecified atom stereocenters. The van der Waals surface area contributed by atoms with Crippen molar-refractivity contribution in [1.82, 2.24) is 9.97 Å². The average Bonchev–Trinajstić information content (AvgIpc) is 2.43. The van der Waals surface area contributed by atoms with Crippen molar-refractivity contribution in [3.05, 3.63) is 41.5 Å². The van der Waals surface area contributed by atoms with Gasteiger partial charge in [-0.15, -0.1) is 0 Å². The Hall–Kier alpha value is -2.17. The van der Waals surface area contributed by atoms with Gasteiger partial charge in [0.15, 0.2) is 0 Å². The second-order valence-electron chi connectivity index (χ2n) is 4.73. The van der Waals surface area contributed by atoms with Crippen LogP contribution in [0.3, 0.4) is 0 Å². The van der Waals surface area contributed by atoms with Gasteiger partial charge in [-0.2, -0.15) is 0 Å². The van der Waals surface area contributed by atoms with Crippen LogP contribution in [0.4, 0.5) is 21.7 Å². The smallest absolute Gasteiger partial charge is 0.146 e. The maximum atomic E-state index is 13.9. The molecule has 0 aliphatic heterocycles. The number of anilines is 3. The Kier molecular flexibility index (Phi) is 4.17. The van der Waals surface area contributed by atoms with E-state index in [-0.39, 0.29) is 5.82 Å². The second kappa shape index (κ2) is 5.86. The quantitative estimate of drug-likeness (QED) is 0.930. The number of aryl methyl sites for hydroxylation is 1. The fraction of sp³-hybridized carbons (Fsp3) is 0.333. The number of para-hydroxylation sites is 1. The van der Waals surface area contributed by atoms with Crippen LogP contribution in [0.5, 0.6) is 0 Å². The maximum absolute atomic E-state index is 13.9. The van der Waals surface area contributed by atoms with Gasteiger partial charge in [-0.25, -0.2) is 14.4 Å². The third-order valence-electron chi connectivity index (χ3n) is 3.21. The molecule has 0 fully saturated rings. The summed E-state index contributed by atoms with van der Waals surface area (Å²) in [6.07, 6.45) is 1.69. The average molecular weight is 274 g/mol. The Bertz CT molecular complexity index is 613. The normalized spacial score (nSPS) is 10.6. The van der Waals surface area contributed by atoms with Gasteiger partial charge in [-0.1, -0.05) is 19.1 Å². The molecule has 2 rings (SSSR count). The first-order valence-corrected chi connectivity index (χ1v) is 6.65. The zero-order valence-corrected chi connectivity index (χ0v) is 12.0. The van der Waals surface area contributed by atoms with Crippen LogP contribution >= 0.6 is 0 Å². The van der Waals surface area contributed by atoms with Crippen LogP contribution in [-0.2, 0) is 6.42 Å². The molecule has 0 bridgehead atoms. The molecule has 106 valence electrons. The summed E-state index contributed by atoms with van der Waals surface area (Å²) in [6.45, 7) is 3.90. The molecule has 1 heterocycles. The lowest BCUT2D eigenvalue weighted by atomic mass is 10.2. The van der Waals surface area contributed by atoms with Gasteiger partial charge in [-0.05, 0) is 25.5 Å². The Labute approximate surface area is 118 Å². The van der Waals surface area contributed by atoms with Crippen molar-refractivity contribution in [1.29, 1.82) is 0 Å². The van der Waals surface area contributed by atoms with Crippen molar-refractivity contribution >= 4 is 17.3 Å². The van der Waals surface area contributed by atoms with Crippen LogP contribution in [0.2, 0.25) is 0 Å². The predicted molar refractivity (Wildman–Crippen MR) is 79.6 cm³/mol. The van der Waals surface area contributed by atoms with Crippen molar-refractivity contribution in [2.75, 3.05) is 17.7 Å². The lowest BCUT2D eigenvalue weighted by Gasteiger charge is -2.22. The van der Waals surface area contributed by atoms with E-state index >= 15 is 0 Å². The summed E-state index contributed by atoms with van der Waals surface area (Å²) in [4.78, 5) is 10.5. The summed E-state index contributed by atoms with van der Waals surface area (Å²) in [7, 11) is 1.78. The molecule has 1 aromatic heterocycles. The Balaban J connectivity index is 2.48. The summed E-state index contributed by atoms with van der Waals surface area (Å²) in [5.74, 6) is 1.49. The first kappa shape index (κ1) is 14.2. The van der Waals surface area contributed by atoms with Gasteiger partial charge < -0.3 is 10.6 Å². The highest BCUT2D eigenvalue weighted by atomic mass is 19.1. The number of nitrogens with two attached hydrogens (primary N) is 1. The molecule has 0 spiro atoms. The molecule has 0 aliphatic rings. The Morgan fingerprint density at radius 2 is 1.95 bits per heavy atom. The molecule has 5 heteroatoms. The largest absolute Gasteiger partial charge is 0.383 e. The molecule has 0 atom stereocenters. The van der Waals surface area contributed by atoms with E-state index in [9.17, 15) is 4.39 Å². The van der Waals surface area contributed by atoms with Crippen LogP contribution < -0.4 is 10.6 Å². The van der Waals surface area contributed by atoms with E-state index in [1.807, 2.05) is 6.92 Å². The van der Waals surface area contributed by atoms with Gasteiger partial charge in [0.25, 0.3) is 0 Å². The fourth-order valence-electron chi connectivity index (χ4n) is 2.07. The van der Waals surface area contributed by atoms with E-state index in [4.69, 9.17) is 5.73 Å². The first-order valence-electron chi connectivity index (χ1n) is 6.65. The minimum absolute atomic E-state index is 0.288. The Morgan fingerprint density at radius 1 is 1.25 bits per heavy atom. The van der Waals surface area contributed by atoms with Gasteiger partial charge >= 0.3 is 0 Å². The minimum atomic E-state index is -0.288. The van der Waals surface area contributed by atoms with Crippen LogP contribution in [0.1, 0.15) is 24.7 Å². The molecule has 0 saturated carbocycles. The first-order chi connectivity index (χ1) is 9.54. The SMILES string of the molecule is CCCc1nc(N)c(C)c(N(C)c2ccccc2F)n1. The number of halogens is 1. The fourth-order valence-corrected chi connectivity index (χ4v) is 2.07. The maximum Gasteiger partial charge on any atom is 0.146 e. The zero-order valence-electron chi connectivity index (χ0n) is 12.0. The molecular weight excluding hydrogens is 255 g/mol. The van der Waals surface area contributed by atoms with E-state index in [0.29, 0.717) is 23.1 Å². The molecule has 1 aromatic carbocycles. The topological polar surface area (TPSA) is 55.0 Å². The Morgan fingerprint density at radius 3 is 2.60 bits per heavy atom. The van der Waals surface area contributed by atoms with Crippen LogP contribution in [0, 0.1) is 12.7 Å². The van der Waals surface area contributed by atoms with Crippen LogP contribution in [0.25, 0.3) is 0 Å². The predicted octanol–water partition coefficient (Wildman–Crippen LogP) is 3.23. The van der Waals surface area contributed by atoms with Crippen LogP contribution in [0.15, 0.2) is 24.3 Å². The molecule has 0 aliphatic carbocycles. The van der Waals surface area contributed by atoms with Crippen molar-refractivity contribution in [3.63, 3.8) is 0 Å². The summed E-state index contributed by atoms with van der Waals surface area (Å²) in [5, 5.41) is 0. The molecule has 0 radical (unpaired) electrons. The highest BCUT2D eigenvalue weighted by Crippen LogP contribution is 2.29. The van der Waals surface area contributed by atoms with Gasteiger partial charge in [0.05, 0.1) is 5.69 Å². The van der Waals surface area contributed by atoms with Gasteiger partial charge in [0.2, 0.25) is 0 Å². The summed E-state index contributed by atoms with van der Waals surface area (Å²) in [5.41, 5.74) is 7.16. The van der Waals surface area contributed by atoms with E-state index in [2.05, 4.69) is 16.9 Å². The van der Waals surface area contributed by atoms with E-state index in [1.54, 1.807) is 30.1 Å². The highest BCUT2D eigenvalue weighted by molar-refractivity contribution is 5.66. The number of benzene rings is 1. The summed E-state index contributed by atoms with van der Waals surface area (Å²) < 4.78 is 13.9. The number of hydrogen-bond acceptors (Lipinski definition) is 4. The molecular formula is C15H19FN4. The van der Waals surface area contributed by atoms with Crippen molar-refractivity contribution < 1.29 is 4.39 Å². The number of nitrogens with zero attached hydrogens (tertiary/aromatic N) is 3. The molecule has 2 aromatic rings. The lowest BCUT2D eigenvalue weighted by Crippen LogP contribution is -2.17. The van der Waals surface area contributed by atoms with Gasteiger partial charge in [0, 0.05) is 19.0 Å². The second-order valence-corrected chi connectivity index (χ2v) is 4.73. The van der Waals surface area contributed by atoms with Crippen molar-refractivity contribution in [3.8, 4) is 0 Å². The number of nitrogen functional groups attached to an aromatic ring is 1. The molecule has 0 saturated heterocycles. The standard InChI is InChI=1S/C15H19FN4/c1-4-7-13-18-14(17)10(2)15(19-13)20(3)12-9-6-5-8-11(12)16/h5-6,8-9H,4,7H2,1-3H3,(H2,17,18,19). The lowest BCUT2D eigenvalue weighted by molar-refractivity contribution is 0.627. The zero-order chi connectivity index (χ0) is 14.7. The third-order valence-corrected chi connectivity index (χ3v) is 3.21. The number of rotatable bonds is 4. The number of aromatic nitrogens is 2. The molecule has 20 heavy (non-hydrogen) atoms. The van der Waals surface area contributed by atoms with E-state index in [0.717, 1.165) is 18.4 Å². The summed E-state index contributed by atoms with van der Waals surface area (Å²) >= 11 is 0.